The molecule has 5 heteroatoms. The maximum absolute atomic E-state index is 10.7. The fourth-order valence-corrected chi connectivity index (χ4v) is 1.55. The molecule has 1 N–H and O–H groups in total. The van der Waals surface area contributed by atoms with Crippen LogP contribution in [-0.4, -0.2) is 43.1 Å². The molecule has 0 atom stereocenters. The first-order valence-corrected chi connectivity index (χ1v) is 7.06. The molecule has 0 amide bonds. The minimum absolute atomic E-state index is 0.130. The normalized spacial score (nSPS) is 11.4. The maximum Gasteiger partial charge on any atom is 0.335 e. The molecule has 5 nitrogen and oxygen atoms in total. The Kier molecular flexibility index (Phi) is 7.19. The zero-order chi connectivity index (χ0) is 15.7. The van der Waals surface area contributed by atoms with E-state index >= 15 is 0 Å². The molecular weight excluding hydrogens is 272 g/mol. The van der Waals surface area contributed by atoms with Crippen molar-refractivity contribution < 1.29 is 24.1 Å². The van der Waals surface area contributed by atoms with E-state index in [-0.39, 0.29) is 11.2 Å². The summed E-state index contributed by atoms with van der Waals surface area (Å²) in [5, 5.41) is 8.78. The summed E-state index contributed by atoms with van der Waals surface area (Å²) in [6.45, 7) is 8.34. The van der Waals surface area contributed by atoms with Gasteiger partial charge in [0, 0.05) is 13.0 Å². The van der Waals surface area contributed by atoms with E-state index in [4.69, 9.17) is 19.3 Å². The van der Waals surface area contributed by atoms with Gasteiger partial charge in [0.25, 0.3) is 0 Å². The fraction of sp³-hybridized carbons (Fsp3) is 0.562. The van der Waals surface area contributed by atoms with Crippen LogP contribution in [0.2, 0.25) is 0 Å². The monoisotopic (exact) mass is 296 g/mol. The van der Waals surface area contributed by atoms with E-state index in [1.54, 1.807) is 12.1 Å². The van der Waals surface area contributed by atoms with Gasteiger partial charge in [-0.1, -0.05) is 0 Å². The lowest BCUT2D eigenvalue weighted by molar-refractivity contribution is -0.0357. The van der Waals surface area contributed by atoms with Crippen LogP contribution in [0.15, 0.2) is 24.3 Å². The minimum Gasteiger partial charge on any atom is -0.494 e. The lowest BCUT2D eigenvalue weighted by atomic mass is 10.2. The standard InChI is InChI=1S/C16H24O5/c1-16(2,3)21-12-11-19-9-4-10-20-14-7-5-13(6-8-14)15(17)18/h5-8H,4,9-12H2,1-3H3,(H,17,18). The van der Waals surface area contributed by atoms with E-state index in [2.05, 4.69) is 0 Å². The van der Waals surface area contributed by atoms with Crippen LogP contribution in [0.4, 0.5) is 0 Å². The Hall–Kier alpha value is -1.59. The molecule has 0 heterocycles. The summed E-state index contributed by atoms with van der Waals surface area (Å²) in [6, 6.07) is 6.36. The summed E-state index contributed by atoms with van der Waals surface area (Å²) in [7, 11) is 0. The van der Waals surface area contributed by atoms with Crippen molar-refractivity contribution in [3.63, 3.8) is 0 Å². The van der Waals surface area contributed by atoms with Crippen LogP contribution in [0.1, 0.15) is 37.6 Å². The minimum atomic E-state index is -0.938. The molecule has 0 aromatic heterocycles. The van der Waals surface area contributed by atoms with E-state index in [0.29, 0.717) is 32.2 Å². The molecule has 0 saturated heterocycles. The van der Waals surface area contributed by atoms with Gasteiger partial charge in [0.15, 0.2) is 0 Å². The van der Waals surface area contributed by atoms with Gasteiger partial charge in [0.2, 0.25) is 0 Å². The van der Waals surface area contributed by atoms with Crippen molar-refractivity contribution >= 4 is 5.97 Å². The largest absolute Gasteiger partial charge is 0.494 e. The summed E-state index contributed by atoms with van der Waals surface area (Å²) in [4.78, 5) is 10.7. The highest BCUT2D eigenvalue weighted by Crippen LogP contribution is 2.12. The van der Waals surface area contributed by atoms with Gasteiger partial charge in [-0.25, -0.2) is 4.79 Å². The topological polar surface area (TPSA) is 65.0 Å². The van der Waals surface area contributed by atoms with E-state index in [0.717, 1.165) is 6.42 Å². The summed E-state index contributed by atoms with van der Waals surface area (Å²) < 4.78 is 16.5. The van der Waals surface area contributed by atoms with Crippen molar-refractivity contribution in [1.29, 1.82) is 0 Å². The first-order chi connectivity index (χ1) is 9.88. The van der Waals surface area contributed by atoms with Crippen molar-refractivity contribution in [1.82, 2.24) is 0 Å². The van der Waals surface area contributed by atoms with Gasteiger partial charge in [0.1, 0.15) is 5.75 Å². The third-order valence-electron chi connectivity index (χ3n) is 2.57. The molecule has 1 aromatic carbocycles. The van der Waals surface area contributed by atoms with Crippen molar-refractivity contribution in [2.24, 2.45) is 0 Å². The molecule has 0 radical (unpaired) electrons. The summed E-state index contributed by atoms with van der Waals surface area (Å²) in [5.74, 6) is -0.275. The number of benzene rings is 1. The lowest BCUT2D eigenvalue weighted by Gasteiger charge is -2.19. The zero-order valence-corrected chi connectivity index (χ0v) is 12.9. The Morgan fingerprint density at radius 2 is 1.71 bits per heavy atom. The van der Waals surface area contributed by atoms with Crippen molar-refractivity contribution in [2.45, 2.75) is 32.8 Å². The van der Waals surface area contributed by atoms with Crippen molar-refractivity contribution in [2.75, 3.05) is 26.4 Å². The van der Waals surface area contributed by atoms with Crippen LogP contribution in [0.25, 0.3) is 0 Å². The van der Waals surface area contributed by atoms with Crippen LogP contribution in [-0.2, 0) is 9.47 Å². The number of carboxylic acid groups (broad SMARTS) is 1. The Labute approximate surface area is 125 Å². The van der Waals surface area contributed by atoms with Gasteiger partial charge in [-0.3, -0.25) is 0 Å². The highest BCUT2D eigenvalue weighted by molar-refractivity contribution is 5.87. The fourth-order valence-electron chi connectivity index (χ4n) is 1.55. The van der Waals surface area contributed by atoms with E-state index < -0.39 is 5.97 Å². The van der Waals surface area contributed by atoms with Crippen molar-refractivity contribution in [3.8, 4) is 5.75 Å². The first-order valence-electron chi connectivity index (χ1n) is 7.06. The predicted octanol–water partition coefficient (Wildman–Crippen LogP) is 2.99. The summed E-state index contributed by atoms with van der Waals surface area (Å²) >= 11 is 0. The third-order valence-corrected chi connectivity index (χ3v) is 2.57. The highest BCUT2D eigenvalue weighted by Gasteiger charge is 2.08. The predicted molar refractivity (Wildman–Crippen MR) is 80.0 cm³/mol. The lowest BCUT2D eigenvalue weighted by Crippen LogP contribution is -2.22. The number of hydrogen-bond donors (Lipinski definition) is 1. The molecule has 1 aromatic rings. The number of carbonyl (C=O) groups is 1. The molecular formula is C16H24O5. The number of ether oxygens (including phenoxy) is 3. The summed E-state index contributed by atoms with van der Waals surface area (Å²) in [6.07, 6.45) is 0.774. The second-order valence-corrected chi connectivity index (χ2v) is 5.60. The molecule has 0 aliphatic rings. The average Bonchev–Trinajstić information content (AvgIpc) is 2.41. The van der Waals surface area contributed by atoms with E-state index in [1.807, 2.05) is 20.8 Å². The molecule has 0 unspecified atom stereocenters. The van der Waals surface area contributed by atoms with E-state index in [9.17, 15) is 4.79 Å². The second-order valence-electron chi connectivity index (χ2n) is 5.60. The molecule has 21 heavy (non-hydrogen) atoms. The molecule has 0 saturated carbocycles. The van der Waals surface area contributed by atoms with Crippen LogP contribution in [0.3, 0.4) is 0 Å². The second kappa shape index (κ2) is 8.64. The molecule has 0 aliphatic carbocycles. The molecule has 0 bridgehead atoms. The highest BCUT2D eigenvalue weighted by atomic mass is 16.5. The Morgan fingerprint density at radius 3 is 2.29 bits per heavy atom. The SMILES string of the molecule is CC(C)(C)OCCOCCCOc1ccc(C(=O)O)cc1. The van der Waals surface area contributed by atoms with Gasteiger partial charge >= 0.3 is 5.97 Å². The van der Waals surface area contributed by atoms with E-state index in [1.165, 1.54) is 12.1 Å². The maximum atomic E-state index is 10.7. The number of rotatable bonds is 9. The van der Waals surface area contributed by atoms with Crippen molar-refractivity contribution in [3.05, 3.63) is 29.8 Å². The van der Waals surface area contributed by atoms with Crippen LogP contribution < -0.4 is 4.74 Å². The number of aromatic carboxylic acids is 1. The zero-order valence-electron chi connectivity index (χ0n) is 12.9. The molecule has 0 spiro atoms. The molecule has 1 rings (SSSR count). The van der Waals surface area contributed by atoms with Gasteiger partial charge in [-0.15, -0.1) is 0 Å². The summed E-state index contributed by atoms with van der Waals surface area (Å²) in [5.41, 5.74) is 0.124. The smallest absolute Gasteiger partial charge is 0.335 e. The van der Waals surface area contributed by atoms with Crippen LogP contribution in [0, 0.1) is 0 Å². The Morgan fingerprint density at radius 1 is 1.05 bits per heavy atom. The van der Waals surface area contributed by atoms with Gasteiger partial charge in [0.05, 0.1) is 31.0 Å². The molecule has 0 aliphatic heterocycles. The number of carboxylic acids is 1. The molecule has 118 valence electrons. The van der Waals surface area contributed by atoms with Crippen LogP contribution >= 0.6 is 0 Å². The quantitative estimate of drug-likeness (QED) is 0.710. The third kappa shape index (κ3) is 8.32. The van der Waals surface area contributed by atoms with Crippen LogP contribution in [0.5, 0.6) is 5.75 Å². The first kappa shape index (κ1) is 17.5. The number of hydrogen-bond acceptors (Lipinski definition) is 4. The Balaban J connectivity index is 2.05. The van der Waals surface area contributed by atoms with Gasteiger partial charge in [-0.05, 0) is 45.0 Å². The van der Waals surface area contributed by atoms with Gasteiger partial charge in [-0.2, -0.15) is 0 Å². The average molecular weight is 296 g/mol. The van der Waals surface area contributed by atoms with Gasteiger partial charge < -0.3 is 19.3 Å². The Bertz CT molecular complexity index is 419. The molecule has 0 fully saturated rings.